The molecule has 0 fully saturated rings. The fraction of sp³-hybridized carbons (Fsp3) is 0.533. The second-order valence-corrected chi connectivity index (χ2v) is 5.47. The normalized spacial score (nSPS) is 15.8. The van der Waals surface area contributed by atoms with Gasteiger partial charge >= 0.3 is 0 Å². The highest BCUT2D eigenvalue weighted by Crippen LogP contribution is 2.10. The summed E-state index contributed by atoms with van der Waals surface area (Å²) in [5.74, 6) is 0.895. The maximum Gasteiger partial charge on any atom is 0.191 e. The highest BCUT2D eigenvalue weighted by molar-refractivity contribution is 7.07. The van der Waals surface area contributed by atoms with Gasteiger partial charge in [0.05, 0.1) is 19.8 Å². The number of ether oxygens (including phenoxy) is 1. The lowest BCUT2D eigenvalue weighted by atomic mass is 10.1. The molecule has 1 aliphatic rings. The van der Waals surface area contributed by atoms with Crippen molar-refractivity contribution in [3.8, 4) is 0 Å². The van der Waals surface area contributed by atoms with Crippen LogP contribution in [-0.4, -0.2) is 32.3 Å². The van der Waals surface area contributed by atoms with Crippen molar-refractivity contribution in [1.82, 2.24) is 10.6 Å². The van der Waals surface area contributed by atoms with E-state index in [4.69, 9.17) is 4.74 Å². The molecule has 0 saturated carbocycles. The average Bonchev–Trinajstić information content (AvgIpc) is 2.99. The maximum absolute atomic E-state index is 5.31. The van der Waals surface area contributed by atoms with Crippen molar-refractivity contribution in [2.45, 2.75) is 26.3 Å². The molecule has 4 nitrogen and oxygen atoms in total. The second-order valence-electron chi connectivity index (χ2n) is 4.69. The van der Waals surface area contributed by atoms with Gasteiger partial charge in [-0.25, -0.2) is 4.99 Å². The van der Waals surface area contributed by atoms with E-state index in [2.05, 4.69) is 45.5 Å². The lowest BCUT2D eigenvalue weighted by molar-refractivity contribution is 0.153. The Morgan fingerprint density at radius 3 is 3.10 bits per heavy atom. The third-order valence-corrected chi connectivity index (χ3v) is 3.87. The smallest absolute Gasteiger partial charge is 0.191 e. The molecule has 1 aromatic rings. The van der Waals surface area contributed by atoms with E-state index in [0.717, 1.165) is 51.6 Å². The van der Waals surface area contributed by atoms with Crippen LogP contribution < -0.4 is 10.6 Å². The summed E-state index contributed by atoms with van der Waals surface area (Å²) in [5, 5.41) is 10.9. The van der Waals surface area contributed by atoms with Crippen molar-refractivity contribution < 1.29 is 4.74 Å². The minimum Gasteiger partial charge on any atom is -0.377 e. The Kier molecular flexibility index (Phi) is 6.60. The number of thiophene rings is 1. The zero-order valence-electron chi connectivity index (χ0n) is 12.0. The quantitative estimate of drug-likeness (QED) is 0.481. The Labute approximate surface area is 124 Å². The molecule has 20 heavy (non-hydrogen) atoms. The number of guanidine groups is 1. The van der Waals surface area contributed by atoms with Gasteiger partial charge in [0.2, 0.25) is 0 Å². The topological polar surface area (TPSA) is 45.7 Å². The van der Waals surface area contributed by atoms with Crippen LogP contribution in [0, 0.1) is 0 Å². The molecule has 2 N–H and O–H groups in total. The van der Waals surface area contributed by atoms with Crippen molar-refractivity contribution in [3.63, 3.8) is 0 Å². The Hall–Kier alpha value is -1.33. The zero-order chi connectivity index (χ0) is 14.0. The maximum atomic E-state index is 5.31. The molecule has 110 valence electrons. The number of aliphatic imine (C=N–C) groups is 1. The van der Waals surface area contributed by atoms with E-state index >= 15 is 0 Å². The summed E-state index contributed by atoms with van der Waals surface area (Å²) in [5.41, 5.74) is 2.75. The first-order valence-corrected chi connectivity index (χ1v) is 8.11. The largest absolute Gasteiger partial charge is 0.377 e. The molecule has 0 radical (unpaired) electrons. The second kappa shape index (κ2) is 8.76. The SMILES string of the molecule is CCNC(=NCc1ccsc1)NCCC1=CCOCC1. The molecule has 0 aliphatic carbocycles. The predicted octanol–water partition coefficient (Wildman–Crippen LogP) is 2.54. The first-order chi connectivity index (χ1) is 9.88. The van der Waals surface area contributed by atoms with Crippen LogP contribution in [0.5, 0.6) is 0 Å². The molecule has 2 heterocycles. The van der Waals surface area contributed by atoms with E-state index in [1.165, 1.54) is 11.1 Å². The summed E-state index contributed by atoms with van der Waals surface area (Å²) < 4.78 is 5.31. The summed E-state index contributed by atoms with van der Waals surface area (Å²) in [6, 6.07) is 2.12. The van der Waals surface area contributed by atoms with E-state index in [0.29, 0.717) is 0 Å². The van der Waals surface area contributed by atoms with Gasteiger partial charge in [0.1, 0.15) is 0 Å². The van der Waals surface area contributed by atoms with Crippen molar-refractivity contribution in [2.24, 2.45) is 4.99 Å². The molecule has 0 atom stereocenters. The Bertz CT molecular complexity index is 440. The third kappa shape index (κ3) is 5.35. The van der Waals surface area contributed by atoms with Crippen LogP contribution in [0.15, 0.2) is 33.5 Å². The number of rotatable bonds is 6. The number of nitrogens with zero attached hydrogens (tertiary/aromatic N) is 1. The third-order valence-electron chi connectivity index (χ3n) is 3.14. The fourth-order valence-corrected chi connectivity index (χ4v) is 2.69. The van der Waals surface area contributed by atoms with Crippen molar-refractivity contribution in [3.05, 3.63) is 34.0 Å². The molecule has 5 heteroatoms. The molecule has 0 spiro atoms. The predicted molar refractivity (Wildman–Crippen MR) is 85.3 cm³/mol. The van der Waals surface area contributed by atoms with Gasteiger partial charge in [0, 0.05) is 13.1 Å². The molecule has 0 unspecified atom stereocenters. The van der Waals surface area contributed by atoms with Crippen LogP contribution in [0.4, 0.5) is 0 Å². The van der Waals surface area contributed by atoms with Gasteiger partial charge in [-0.3, -0.25) is 0 Å². The minimum absolute atomic E-state index is 0.732. The van der Waals surface area contributed by atoms with E-state index in [1.807, 2.05) is 0 Å². The van der Waals surface area contributed by atoms with Gasteiger partial charge in [0.25, 0.3) is 0 Å². The van der Waals surface area contributed by atoms with Crippen molar-refractivity contribution in [2.75, 3.05) is 26.3 Å². The van der Waals surface area contributed by atoms with Crippen LogP contribution >= 0.6 is 11.3 Å². The highest BCUT2D eigenvalue weighted by Gasteiger charge is 2.04. The van der Waals surface area contributed by atoms with E-state index < -0.39 is 0 Å². The van der Waals surface area contributed by atoms with Crippen LogP contribution in [0.1, 0.15) is 25.3 Å². The summed E-state index contributed by atoms with van der Waals surface area (Å²) in [7, 11) is 0. The lowest BCUT2D eigenvalue weighted by Crippen LogP contribution is -2.37. The molecular formula is C15H23N3OS. The first kappa shape index (κ1) is 15.1. The molecule has 0 aromatic carbocycles. The number of hydrogen-bond donors (Lipinski definition) is 2. The van der Waals surface area contributed by atoms with Crippen LogP contribution in [0.3, 0.4) is 0 Å². The average molecular weight is 293 g/mol. The molecular weight excluding hydrogens is 270 g/mol. The standard InChI is InChI=1S/C15H23N3OS/c1-2-16-15(18-11-14-6-10-20-12-14)17-7-3-13-4-8-19-9-5-13/h4,6,10,12H,2-3,5,7-9,11H2,1H3,(H2,16,17,18). The van der Waals surface area contributed by atoms with Crippen molar-refractivity contribution in [1.29, 1.82) is 0 Å². The fourth-order valence-electron chi connectivity index (χ4n) is 2.03. The number of nitrogens with one attached hydrogen (secondary N) is 2. The molecule has 2 rings (SSSR count). The van der Waals surface area contributed by atoms with E-state index in [-0.39, 0.29) is 0 Å². The van der Waals surface area contributed by atoms with Gasteiger partial charge in [-0.2, -0.15) is 11.3 Å². The molecule has 0 amide bonds. The van der Waals surface area contributed by atoms with Crippen LogP contribution in [0.2, 0.25) is 0 Å². The molecule has 1 aliphatic heterocycles. The number of hydrogen-bond acceptors (Lipinski definition) is 3. The summed E-state index contributed by atoms with van der Waals surface area (Å²) in [6.07, 6.45) is 4.32. The van der Waals surface area contributed by atoms with Gasteiger partial charge in [0.15, 0.2) is 5.96 Å². The summed E-state index contributed by atoms with van der Waals surface area (Å²) in [4.78, 5) is 4.60. The first-order valence-electron chi connectivity index (χ1n) is 7.17. The molecule has 0 bridgehead atoms. The monoisotopic (exact) mass is 293 g/mol. The van der Waals surface area contributed by atoms with Gasteiger partial charge in [-0.1, -0.05) is 11.6 Å². The van der Waals surface area contributed by atoms with Crippen LogP contribution in [0.25, 0.3) is 0 Å². The van der Waals surface area contributed by atoms with Gasteiger partial charge in [-0.05, 0) is 42.2 Å². The minimum atomic E-state index is 0.732. The van der Waals surface area contributed by atoms with Crippen molar-refractivity contribution >= 4 is 17.3 Å². The van der Waals surface area contributed by atoms with Gasteiger partial charge < -0.3 is 15.4 Å². The Morgan fingerprint density at radius 2 is 2.40 bits per heavy atom. The summed E-state index contributed by atoms with van der Waals surface area (Å²) in [6.45, 7) is 6.24. The Balaban J connectivity index is 1.76. The Morgan fingerprint density at radius 1 is 1.45 bits per heavy atom. The molecule has 1 aromatic heterocycles. The van der Waals surface area contributed by atoms with E-state index in [1.54, 1.807) is 11.3 Å². The summed E-state index contributed by atoms with van der Waals surface area (Å²) >= 11 is 1.71. The van der Waals surface area contributed by atoms with Gasteiger partial charge in [-0.15, -0.1) is 0 Å². The zero-order valence-corrected chi connectivity index (χ0v) is 12.8. The van der Waals surface area contributed by atoms with Crippen LogP contribution in [-0.2, 0) is 11.3 Å². The van der Waals surface area contributed by atoms with E-state index in [9.17, 15) is 0 Å². The molecule has 0 saturated heterocycles. The lowest BCUT2D eigenvalue weighted by Gasteiger charge is -2.15. The highest BCUT2D eigenvalue weighted by atomic mass is 32.1.